The van der Waals surface area contributed by atoms with E-state index >= 15 is 0 Å². The van der Waals surface area contributed by atoms with Crippen molar-refractivity contribution in [2.75, 3.05) is 10.0 Å². The van der Waals surface area contributed by atoms with Gasteiger partial charge in [0.15, 0.2) is 0 Å². The number of hydrogen-bond acceptors (Lipinski definition) is 3. The number of hydrogen-bond donors (Lipinski definition) is 2. The lowest BCUT2D eigenvalue weighted by molar-refractivity contribution is 0.102. The zero-order valence-electron chi connectivity index (χ0n) is 13.8. The second kappa shape index (κ2) is 8.00. The first-order valence-corrected chi connectivity index (χ1v) is 10.0. The molecule has 0 radical (unpaired) electrons. The fourth-order valence-corrected chi connectivity index (χ4v) is 3.79. The Balaban J connectivity index is 1.80. The van der Waals surface area contributed by atoms with Gasteiger partial charge in [0.2, 0.25) is 0 Å². The first kappa shape index (κ1) is 19.2. The van der Waals surface area contributed by atoms with Crippen molar-refractivity contribution in [3.8, 4) is 0 Å². The standard InChI is InChI=1S/C19H14Cl2N2O3S/c20-13-9-10-18(21)17(11-13)19(24)22-14-5-4-6-15(12-14)23-27(25,26)16-7-2-1-3-8-16/h1-12,23H,(H,22,24). The van der Waals surface area contributed by atoms with Crippen molar-refractivity contribution in [1.82, 2.24) is 0 Å². The lowest BCUT2D eigenvalue weighted by Crippen LogP contribution is -2.14. The SMILES string of the molecule is O=C(Nc1cccc(NS(=O)(=O)c2ccccc2)c1)c1cc(Cl)ccc1Cl. The van der Waals surface area contributed by atoms with E-state index in [4.69, 9.17) is 23.2 Å². The van der Waals surface area contributed by atoms with Crippen LogP contribution in [0.1, 0.15) is 10.4 Å². The van der Waals surface area contributed by atoms with Crippen LogP contribution in [-0.2, 0) is 10.0 Å². The van der Waals surface area contributed by atoms with E-state index in [1.54, 1.807) is 42.5 Å². The Kier molecular flexibility index (Phi) is 5.70. The molecule has 3 aromatic rings. The van der Waals surface area contributed by atoms with Crippen molar-refractivity contribution in [2.24, 2.45) is 0 Å². The third-order valence-electron chi connectivity index (χ3n) is 3.60. The number of carbonyl (C=O) groups is 1. The van der Waals surface area contributed by atoms with Gasteiger partial charge >= 0.3 is 0 Å². The highest BCUT2D eigenvalue weighted by Crippen LogP contribution is 2.23. The molecule has 0 atom stereocenters. The van der Waals surface area contributed by atoms with Crippen LogP contribution in [0.25, 0.3) is 0 Å². The molecule has 1 amide bonds. The molecular formula is C19H14Cl2N2O3S. The number of rotatable bonds is 5. The summed E-state index contributed by atoms with van der Waals surface area (Å²) in [5.41, 5.74) is 0.942. The summed E-state index contributed by atoms with van der Waals surface area (Å²) >= 11 is 11.9. The quantitative estimate of drug-likeness (QED) is 0.606. The normalized spacial score (nSPS) is 11.0. The van der Waals surface area contributed by atoms with E-state index in [-0.39, 0.29) is 15.5 Å². The third-order valence-corrected chi connectivity index (χ3v) is 5.56. The van der Waals surface area contributed by atoms with Crippen LogP contribution in [0.4, 0.5) is 11.4 Å². The van der Waals surface area contributed by atoms with Gasteiger partial charge in [-0.3, -0.25) is 9.52 Å². The highest BCUT2D eigenvalue weighted by Gasteiger charge is 2.15. The summed E-state index contributed by atoms with van der Waals surface area (Å²) in [6.07, 6.45) is 0. The highest BCUT2D eigenvalue weighted by molar-refractivity contribution is 7.92. The molecule has 2 N–H and O–H groups in total. The van der Waals surface area contributed by atoms with Crippen LogP contribution in [0.5, 0.6) is 0 Å². The monoisotopic (exact) mass is 420 g/mol. The van der Waals surface area contributed by atoms with Crippen molar-refractivity contribution >= 4 is 50.5 Å². The van der Waals surface area contributed by atoms with Crippen LogP contribution < -0.4 is 10.0 Å². The number of benzene rings is 3. The number of halogens is 2. The largest absolute Gasteiger partial charge is 0.322 e. The fourth-order valence-electron chi connectivity index (χ4n) is 2.34. The molecule has 0 spiro atoms. The van der Waals surface area contributed by atoms with Gasteiger partial charge in [-0.1, -0.05) is 47.5 Å². The molecule has 0 fully saturated rings. The average Bonchev–Trinajstić information content (AvgIpc) is 2.64. The van der Waals surface area contributed by atoms with Crippen molar-refractivity contribution in [1.29, 1.82) is 0 Å². The van der Waals surface area contributed by atoms with E-state index in [1.807, 2.05) is 0 Å². The molecule has 0 aromatic heterocycles. The van der Waals surface area contributed by atoms with Gasteiger partial charge in [0, 0.05) is 10.7 Å². The van der Waals surface area contributed by atoms with E-state index < -0.39 is 15.9 Å². The van der Waals surface area contributed by atoms with Gasteiger partial charge in [0.1, 0.15) is 0 Å². The zero-order valence-corrected chi connectivity index (χ0v) is 16.1. The third kappa shape index (κ3) is 4.80. The van der Waals surface area contributed by atoms with E-state index in [9.17, 15) is 13.2 Å². The lowest BCUT2D eigenvalue weighted by atomic mass is 10.2. The first-order chi connectivity index (χ1) is 12.8. The summed E-state index contributed by atoms with van der Waals surface area (Å²) < 4.78 is 27.3. The van der Waals surface area contributed by atoms with E-state index in [0.717, 1.165) is 0 Å². The van der Waals surface area contributed by atoms with Gasteiger partial charge in [-0.15, -0.1) is 0 Å². The Hall–Kier alpha value is -2.54. The topological polar surface area (TPSA) is 75.3 Å². The highest BCUT2D eigenvalue weighted by atomic mass is 35.5. The Morgan fingerprint density at radius 1 is 0.815 bits per heavy atom. The molecule has 0 aliphatic heterocycles. The van der Waals surface area contributed by atoms with E-state index in [1.165, 1.54) is 30.3 Å². The van der Waals surface area contributed by atoms with Crippen LogP contribution in [-0.4, -0.2) is 14.3 Å². The Labute approximate surface area is 167 Å². The van der Waals surface area contributed by atoms with Crippen LogP contribution >= 0.6 is 23.2 Å². The van der Waals surface area contributed by atoms with Gasteiger partial charge in [-0.2, -0.15) is 0 Å². The van der Waals surface area contributed by atoms with Gasteiger partial charge in [0.05, 0.1) is 21.2 Å². The number of nitrogens with one attached hydrogen (secondary N) is 2. The Morgan fingerprint density at radius 3 is 2.26 bits per heavy atom. The Bertz CT molecular complexity index is 1090. The fraction of sp³-hybridized carbons (Fsp3) is 0. The number of anilines is 2. The van der Waals surface area contributed by atoms with Crippen molar-refractivity contribution in [3.05, 3.63) is 88.4 Å². The van der Waals surface area contributed by atoms with Crippen molar-refractivity contribution < 1.29 is 13.2 Å². The van der Waals surface area contributed by atoms with Crippen LogP contribution in [0.2, 0.25) is 10.0 Å². The summed E-state index contributed by atoms with van der Waals surface area (Å²) in [5, 5.41) is 3.32. The van der Waals surface area contributed by atoms with E-state index in [0.29, 0.717) is 16.4 Å². The molecule has 5 nitrogen and oxygen atoms in total. The molecule has 0 unspecified atom stereocenters. The molecule has 0 aliphatic carbocycles. The smallest absolute Gasteiger partial charge is 0.261 e. The summed E-state index contributed by atoms with van der Waals surface area (Å²) in [5.74, 6) is -0.453. The van der Waals surface area contributed by atoms with E-state index in [2.05, 4.69) is 10.0 Å². The summed E-state index contributed by atoms with van der Waals surface area (Å²) in [6.45, 7) is 0. The minimum absolute atomic E-state index is 0.144. The molecule has 0 heterocycles. The molecule has 138 valence electrons. The van der Waals surface area contributed by atoms with Crippen molar-refractivity contribution in [2.45, 2.75) is 4.90 Å². The molecule has 0 aliphatic rings. The molecule has 3 rings (SSSR count). The zero-order chi connectivity index (χ0) is 19.4. The first-order valence-electron chi connectivity index (χ1n) is 7.79. The molecule has 3 aromatic carbocycles. The summed E-state index contributed by atoms with van der Waals surface area (Å²) in [7, 11) is -3.72. The Morgan fingerprint density at radius 2 is 1.52 bits per heavy atom. The number of carbonyl (C=O) groups excluding carboxylic acids is 1. The molecular weight excluding hydrogens is 407 g/mol. The van der Waals surface area contributed by atoms with Crippen LogP contribution in [0.15, 0.2) is 77.7 Å². The number of sulfonamides is 1. The molecule has 8 heteroatoms. The maximum atomic E-state index is 12.4. The second-order valence-corrected chi connectivity index (χ2v) is 8.10. The summed E-state index contributed by atoms with van der Waals surface area (Å²) in [4.78, 5) is 12.6. The second-order valence-electron chi connectivity index (χ2n) is 5.58. The molecule has 0 bridgehead atoms. The molecule has 27 heavy (non-hydrogen) atoms. The predicted molar refractivity (Wildman–Crippen MR) is 108 cm³/mol. The van der Waals surface area contributed by atoms with Crippen LogP contribution in [0, 0.1) is 0 Å². The lowest BCUT2D eigenvalue weighted by Gasteiger charge is -2.11. The average molecular weight is 421 g/mol. The van der Waals surface area contributed by atoms with Crippen molar-refractivity contribution in [3.63, 3.8) is 0 Å². The van der Waals surface area contributed by atoms with Gasteiger partial charge in [0.25, 0.3) is 15.9 Å². The van der Waals surface area contributed by atoms with Gasteiger partial charge in [-0.05, 0) is 48.5 Å². The molecule has 0 saturated carbocycles. The number of amides is 1. The minimum atomic E-state index is -3.72. The maximum absolute atomic E-state index is 12.4. The summed E-state index contributed by atoms with van der Waals surface area (Å²) in [6, 6.07) is 18.9. The van der Waals surface area contributed by atoms with Gasteiger partial charge < -0.3 is 5.32 Å². The minimum Gasteiger partial charge on any atom is -0.322 e. The van der Waals surface area contributed by atoms with Crippen LogP contribution in [0.3, 0.4) is 0 Å². The predicted octanol–water partition coefficient (Wildman–Crippen LogP) is 5.05. The molecule has 0 saturated heterocycles. The van der Waals surface area contributed by atoms with Gasteiger partial charge in [-0.25, -0.2) is 8.42 Å². The maximum Gasteiger partial charge on any atom is 0.261 e.